The number of nitrogens with one attached hydrogen (secondary N) is 2. The maximum absolute atomic E-state index is 4.08. The molecule has 3 aromatic rings. The highest BCUT2D eigenvalue weighted by molar-refractivity contribution is 5.89. The highest BCUT2D eigenvalue weighted by Gasteiger charge is 2.07. The van der Waals surface area contributed by atoms with Crippen molar-refractivity contribution in [3.63, 3.8) is 0 Å². The van der Waals surface area contributed by atoms with Gasteiger partial charge in [-0.3, -0.25) is 5.10 Å². The summed E-state index contributed by atoms with van der Waals surface area (Å²) in [6.45, 7) is 5.11. The first kappa shape index (κ1) is 11.8. The maximum Gasteiger partial charge on any atom is 0.0881 e. The smallest absolute Gasteiger partial charge is 0.0881 e. The molecule has 0 spiro atoms. The summed E-state index contributed by atoms with van der Waals surface area (Å²) in [6, 6.07) is 8.41. The van der Waals surface area contributed by atoms with Gasteiger partial charge < -0.3 is 9.88 Å². The van der Waals surface area contributed by atoms with Crippen molar-refractivity contribution in [3.8, 4) is 0 Å². The van der Waals surface area contributed by atoms with E-state index < -0.39 is 0 Å². The van der Waals surface area contributed by atoms with Gasteiger partial charge in [0, 0.05) is 30.4 Å². The number of aryl methyl sites for hydroxylation is 1. The van der Waals surface area contributed by atoms with Crippen molar-refractivity contribution in [2.75, 3.05) is 5.32 Å². The van der Waals surface area contributed by atoms with Gasteiger partial charge in [-0.25, -0.2) is 0 Å². The summed E-state index contributed by atoms with van der Waals surface area (Å²) in [4.78, 5) is 0. The van der Waals surface area contributed by atoms with E-state index in [1.165, 1.54) is 17.0 Å². The largest absolute Gasteiger partial charge is 0.379 e. The van der Waals surface area contributed by atoms with Gasteiger partial charge in [-0.1, -0.05) is 12.1 Å². The van der Waals surface area contributed by atoms with Crippen LogP contribution in [0.2, 0.25) is 0 Å². The van der Waals surface area contributed by atoms with Crippen LogP contribution in [0.25, 0.3) is 10.9 Å². The molecule has 0 aliphatic heterocycles. The molecule has 0 unspecified atom stereocenters. The summed E-state index contributed by atoms with van der Waals surface area (Å²) in [5.74, 6) is 0. The normalized spacial score (nSPS) is 11.1. The predicted octanol–water partition coefficient (Wildman–Crippen LogP) is 3.13. The molecule has 0 fully saturated rings. The third-order valence-electron chi connectivity index (χ3n) is 3.83. The van der Waals surface area contributed by atoms with Crippen LogP contribution in [-0.4, -0.2) is 14.8 Å². The second-order valence-electron chi connectivity index (χ2n) is 4.95. The standard InChI is InChI=1S/C15H18N4/c1-10-7-13(11(2)19(10)3)8-16-14-6-4-5-12-9-17-18-15(12)14/h4-7,9,16H,8H2,1-3H3,(H,17,18). The van der Waals surface area contributed by atoms with E-state index in [1.54, 1.807) is 0 Å². The predicted molar refractivity (Wildman–Crippen MR) is 78.3 cm³/mol. The number of aromatic amines is 1. The second-order valence-corrected chi connectivity index (χ2v) is 4.95. The Morgan fingerprint density at radius 1 is 1.32 bits per heavy atom. The zero-order chi connectivity index (χ0) is 13.4. The summed E-state index contributed by atoms with van der Waals surface area (Å²) in [5.41, 5.74) is 6.08. The number of benzene rings is 1. The molecule has 3 rings (SSSR count). The topological polar surface area (TPSA) is 45.6 Å². The van der Waals surface area contributed by atoms with Crippen LogP contribution >= 0.6 is 0 Å². The van der Waals surface area contributed by atoms with E-state index in [0.717, 1.165) is 23.1 Å². The van der Waals surface area contributed by atoms with E-state index in [-0.39, 0.29) is 0 Å². The summed E-state index contributed by atoms with van der Waals surface area (Å²) >= 11 is 0. The number of nitrogens with zero attached hydrogens (tertiary/aromatic N) is 2. The quantitative estimate of drug-likeness (QED) is 0.754. The molecule has 1 aromatic carbocycles. The molecule has 0 saturated carbocycles. The first-order valence-electron chi connectivity index (χ1n) is 6.44. The van der Waals surface area contributed by atoms with Crippen molar-refractivity contribution in [1.29, 1.82) is 0 Å². The van der Waals surface area contributed by atoms with Crippen LogP contribution in [0.5, 0.6) is 0 Å². The van der Waals surface area contributed by atoms with Gasteiger partial charge in [-0.05, 0) is 31.5 Å². The lowest BCUT2D eigenvalue weighted by Gasteiger charge is -2.07. The Morgan fingerprint density at radius 2 is 2.16 bits per heavy atom. The Hall–Kier alpha value is -2.23. The Labute approximate surface area is 112 Å². The zero-order valence-electron chi connectivity index (χ0n) is 11.5. The molecule has 2 N–H and O–H groups in total. The van der Waals surface area contributed by atoms with Crippen molar-refractivity contribution in [3.05, 3.63) is 47.4 Å². The molecule has 4 heteroatoms. The van der Waals surface area contributed by atoms with Gasteiger partial charge in [0.15, 0.2) is 0 Å². The first-order chi connectivity index (χ1) is 9.16. The zero-order valence-corrected chi connectivity index (χ0v) is 11.5. The van der Waals surface area contributed by atoms with Crippen LogP contribution in [0, 0.1) is 13.8 Å². The molecule has 0 aliphatic carbocycles. The van der Waals surface area contributed by atoms with E-state index in [2.05, 4.69) is 59.2 Å². The van der Waals surface area contributed by atoms with Crippen molar-refractivity contribution in [2.45, 2.75) is 20.4 Å². The van der Waals surface area contributed by atoms with E-state index in [1.807, 2.05) is 12.3 Å². The summed E-state index contributed by atoms with van der Waals surface area (Å²) in [5, 5.41) is 11.7. The fourth-order valence-electron chi connectivity index (χ4n) is 2.42. The maximum atomic E-state index is 4.08. The molecule has 2 heterocycles. The Balaban J connectivity index is 1.86. The molecule has 0 saturated heterocycles. The average Bonchev–Trinajstić information content (AvgIpc) is 2.98. The number of rotatable bonds is 3. The highest BCUT2D eigenvalue weighted by Crippen LogP contribution is 2.22. The minimum atomic E-state index is 0.825. The molecule has 2 aromatic heterocycles. The summed E-state index contributed by atoms with van der Waals surface area (Å²) in [6.07, 6.45) is 1.85. The van der Waals surface area contributed by atoms with Crippen LogP contribution < -0.4 is 5.32 Å². The van der Waals surface area contributed by atoms with Crippen molar-refractivity contribution in [2.24, 2.45) is 7.05 Å². The van der Waals surface area contributed by atoms with Crippen LogP contribution in [0.1, 0.15) is 17.0 Å². The summed E-state index contributed by atoms with van der Waals surface area (Å²) in [7, 11) is 2.10. The first-order valence-corrected chi connectivity index (χ1v) is 6.44. The lowest BCUT2D eigenvalue weighted by Crippen LogP contribution is -2.01. The number of aromatic nitrogens is 3. The third kappa shape index (κ3) is 1.99. The molecule has 0 aliphatic rings. The highest BCUT2D eigenvalue weighted by atomic mass is 15.1. The van der Waals surface area contributed by atoms with Gasteiger partial charge in [-0.15, -0.1) is 0 Å². The van der Waals surface area contributed by atoms with Crippen molar-refractivity contribution >= 4 is 16.6 Å². The summed E-state index contributed by atoms with van der Waals surface area (Å²) < 4.78 is 2.22. The second kappa shape index (κ2) is 4.46. The number of anilines is 1. The number of fused-ring (bicyclic) bond motifs is 1. The van der Waals surface area contributed by atoms with E-state index in [9.17, 15) is 0 Å². The number of hydrogen-bond acceptors (Lipinski definition) is 2. The van der Waals surface area contributed by atoms with Crippen LogP contribution in [0.15, 0.2) is 30.5 Å². The van der Waals surface area contributed by atoms with E-state index in [4.69, 9.17) is 0 Å². The fourth-order valence-corrected chi connectivity index (χ4v) is 2.42. The number of H-pyrrole nitrogens is 1. The molecule has 98 valence electrons. The molecule has 0 atom stereocenters. The molecular formula is C15H18N4. The third-order valence-corrected chi connectivity index (χ3v) is 3.83. The van der Waals surface area contributed by atoms with Gasteiger partial charge in [-0.2, -0.15) is 5.10 Å². The molecule has 19 heavy (non-hydrogen) atoms. The van der Waals surface area contributed by atoms with Gasteiger partial charge >= 0.3 is 0 Å². The van der Waals surface area contributed by atoms with Crippen molar-refractivity contribution in [1.82, 2.24) is 14.8 Å². The van der Waals surface area contributed by atoms with Crippen LogP contribution in [0.3, 0.4) is 0 Å². The van der Waals surface area contributed by atoms with E-state index >= 15 is 0 Å². The molecule has 4 nitrogen and oxygen atoms in total. The monoisotopic (exact) mass is 254 g/mol. The lowest BCUT2D eigenvalue weighted by molar-refractivity contribution is 0.837. The van der Waals surface area contributed by atoms with Gasteiger partial charge in [0.25, 0.3) is 0 Å². The van der Waals surface area contributed by atoms with E-state index in [0.29, 0.717) is 0 Å². The molecular weight excluding hydrogens is 236 g/mol. The Kier molecular flexibility index (Phi) is 2.78. The average molecular weight is 254 g/mol. The van der Waals surface area contributed by atoms with Gasteiger partial charge in [0.05, 0.1) is 17.4 Å². The molecule has 0 amide bonds. The number of hydrogen-bond donors (Lipinski definition) is 2. The van der Waals surface area contributed by atoms with Crippen LogP contribution in [-0.2, 0) is 13.6 Å². The number of para-hydroxylation sites is 1. The Morgan fingerprint density at radius 3 is 2.89 bits per heavy atom. The lowest BCUT2D eigenvalue weighted by atomic mass is 10.2. The molecule has 0 bridgehead atoms. The SMILES string of the molecule is Cc1cc(CNc2cccc3cn[nH]c23)c(C)n1C. The molecule has 0 radical (unpaired) electrons. The van der Waals surface area contributed by atoms with Gasteiger partial charge in [0.2, 0.25) is 0 Å². The minimum absolute atomic E-state index is 0.825. The van der Waals surface area contributed by atoms with Crippen LogP contribution in [0.4, 0.5) is 5.69 Å². The van der Waals surface area contributed by atoms with Gasteiger partial charge in [0.1, 0.15) is 0 Å². The fraction of sp³-hybridized carbons (Fsp3) is 0.267. The van der Waals surface area contributed by atoms with Crippen molar-refractivity contribution < 1.29 is 0 Å². The minimum Gasteiger partial charge on any atom is -0.379 e. The Bertz CT molecular complexity index is 721.